The zero-order valence-corrected chi connectivity index (χ0v) is 21.2. The molecule has 35 heavy (non-hydrogen) atoms. The van der Waals surface area contributed by atoms with Crippen molar-refractivity contribution >= 4 is 11.8 Å². The van der Waals surface area contributed by atoms with Gasteiger partial charge in [-0.15, -0.1) is 0 Å². The minimum atomic E-state index is -0.652. The van der Waals surface area contributed by atoms with E-state index in [0.717, 1.165) is 28.7 Å². The second kappa shape index (κ2) is 12.7. The molecule has 0 aliphatic carbocycles. The molecule has 0 radical (unpaired) electrons. The molecule has 0 aliphatic heterocycles. The Hall–Kier alpha value is -3.60. The van der Waals surface area contributed by atoms with Crippen LogP contribution >= 0.6 is 0 Å². The Labute approximate surface area is 209 Å². The van der Waals surface area contributed by atoms with E-state index in [2.05, 4.69) is 5.32 Å². The van der Waals surface area contributed by atoms with Gasteiger partial charge in [-0.3, -0.25) is 9.59 Å². The zero-order valence-electron chi connectivity index (χ0n) is 21.2. The molecule has 3 rings (SSSR count). The second-order valence-corrected chi connectivity index (χ2v) is 9.04. The van der Waals surface area contributed by atoms with Crippen molar-refractivity contribution in [3.63, 3.8) is 0 Å². The Bertz CT molecular complexity index is 1110. The summed E-state index contributed by atoms with van der Waals surface area (Å²) in [7, 11) is 0. The first-order valence-corrected chi connectivity index (χ1v) is 12.2. The van der Waals surface area contributed by atoms with Crippen molar-refractivity contribution in [3.8, 4) is 5.75 Å². The highest BCUT2D eigenvalue weighted by atomic mass is 16.5. The maximum absolute atomic E-state index is 13.6. The molecule has 0 heterocycles. The van der Waals surface area contributed by atoms with Crippen molar-refractivity contribution in [2.24, 2.45) is 0 Å². The van der Waals surface area contributed by atoms with Crippen LogP contribution in [-0.2, 0) is 22.6 Å². The van der Waals surface area contributed by atoms with Gasteiger partial charge in [-0.05, 0) is 61.6 Å². The third kappa shape index (κ3) is 7.71. The highest BCUT2D eigenvalue weighted by molar-refractivity contribution is 5.88. The summed E-state index contributed by atoms with van der Waals surface area (Å²) in [5, 5.41) is 3.00. The van der Waals surface area contributed by atoms with Crippen LogP contribution in [0.15, 0.2) is 72.8 Å². The lowest BCUT2D eigenvalue weighted by Crippen LogP contribution is -2.51. The number of ether oxygens (including phenoxy) is 1. The molecule has 5 nitrogen and oxygen atoms in total. The average Bonchev–Trinajstić information content (AvgIpc) is 2.87. The van der Waals surface area contributed by atoms with Gasteiger partial charge in [0.2, 0.25) is 5.91 Å². The van der Waals surface area contributed by atoms with Gasteiger partial charge in [0, 0.05) is 19.5 Å². The van der Waals surface area contributed by atoms with Crippen molar-refractivity contribution in [2.75, 3.05) is 13.2 Å². The molecule has 3 aromatic carbocycles. The molecule has 184 valence electrons. The first kappa shape index (κ1) is 26.0. The van der Waals surface area contributed by atoms with E-state index in [0.29, 0.717) is 25.3 Å². The van der Waals surface area contributed by atoms with Crippen LogP contribution in [0.4, 0.5) is 0 Å². The van der Waals surface area contributed by atoms with Crippen molar-refractivity contribution in [1.29, 1.82) is 0 Å². The monoisotopic (exact) mass is 472 g/mol. The minimum Gasteiger partial charge on any atom is -0.484 e. The summed E-state index contributed by atoms with van der Waals surface area (Å²) in [4.78, 5) is 28.5. The van der Waals surface area contributed by atoms with Crippen molar-refractivity contribution in [3.05, 3.63) is 101 Å². The van der Waals surface area contributed by atoms with Crippen LogP contribution < -0.4 is 10.1 Å². The van der Waals surface area contributed by atoms with Crippen LogP contribution in [0, 0.1) is 20.8 Å². The molecule has 0 saturated carbocycles. The second-order valence-electron chi connectivity index (χ2n) is 9.04. The molecule has 0 aliphatic rings. The Morgan fingerprint density at radius 3 is 2.26 bits per heavy atom. The minimum absolute atomic E-state index is 0.138. The number of benzene rings is 3. The smallest absolute Gasteiger partial charge is 0.261 e. The predicted molar refractivity (Wildman–Crippen MR) is 140 cm³/mol. The van der Waals surface area contributed by atoms with Crippen molar-refractivity contribution in [1.82, 2.24) is 10.2 Å². The highest BCUT2D eigenvalue weighted by Crippen LogP contribution is 2.19. The lowest BCUT2D eigenvalue weighted by molar-refractivity contribution is -0.142. The summed E-state index contributed by atoms with van der Waals surface area (Å²) in [6.07, 6.45) is 1.25. The standard InChI is InChI=1S/C30H36N2O3/c1-5-17-31-30(34)28(19-25-9-7-6-8-10-25)32(20-26-14-11-22(2)12-15-26)29(33)21-35-27-16-13-23(3)24(4)18-27/h6-16,18,28H,5,17,19-21H2,1-4H3,(H,31,34)/t28-/m1/s1. The van der Waals surface area contributed by atoms with Gasteiger partial charge >= 0.3 is 0 Å². The molecule has 0 bridgehead atoms. The van der Waals surface area contributed by atoms with E-state index in [1.165, 1.54) is 5.56 Å². The summed E-state index contributed by atoms with van der Waals surface area (Å²) >= 11 is 0. The number of aryl methyl sites for hydroxylation is 3. The normalized spacial score (nSPS) is 11.5. The zero-order chi connectivity index (χ0) is 25.2. The summed E-state index contributed by atoms with van der Waals surface area (Å²) in [6.45, 7) is 8.85. The van der Waals surface area contributed by atoms with Crippen LogP contribution in [0.3, 0.4) is 0 Å². The molecule has 0 spiro atoms. The van der Waals surface area contributed by atoms with Crippen LogP contribution in [-0.4, -0.2) is 35.9 Å². The largest absolute Gasteiger partial charge is 0.484 e. The maximum Gasteiger partial charge on any atom is 0.261 e. The number of carbonyl (C=O) groups excluding carboxylic acids is 2. The quantitative estimate of drug-likeness (QED) is 0.420. The molecule has 0 unspecified atom stereocenters. The van der Waals surface area contributed by atoms with Gasteiger partial charge in [0.05, 0.1) is 0 Å². The summed E-state index contributed by atoms with van der Waals surface area (Å²) in [6, 6.07) is 23.0. The van der Waals surface area contributed by atoms with Gasteiger partial charge in [0.25, 0.3) is 5.91 Å². The Kier molecular flexibility index (Phi) is 9.47. The Balaban J connectivity index is 1.88. The van der Waals surface area contributed by atoms with Gasteiger partial charge < -0.3 is 15.0 Å². The first-order valence-electron chi connectivity index (χ1n) is 12.2. The van der Waals surface area contributed by atoms with E-state index < -0.39 is 6.04 Å². The van der Waals surface area contributed by atoms with Gasteiger partial charge in [-0.1, -0.05) is 73.2 Å². The lowest BCUT2D eigenvalue weighted by Gasteiger charge is -2.31. The molecule has 0 fully saturated rings. The molecule has 0 saturated heterocycles. The summed E-state index contributed by atoms with van der Waals surface area (Å²) in [5.41, 5.74) is 5.39. The van der Waals surface area contributed by atoms with Gasteiger partial charge in [-0.25, -0.2) is 0 Å². The van der Waals surface area contributed by atoms with Crippen LogP contribution in [0.1, 0.15) is 41.2 Å². The van der Waals surface area contributed by atoms with E-state index >= 15 is 0 Å². The molecule has 1 atom stereocenters. The number of carbonyl (C=O) groups is 2. The van der Waals surface area contributed by atoms with Crippen molar-refractivity contribution in [2.45, 2.75) is 53.1 Å². The number of amides is 2. The third-order valence-corrected chi connectivity index (χ3v) is 6.13. The SMILES string of the molecule is CCCNC(=O)[C@@H](Cc1ccccc1)N(Cc1ccc(C)cc1)C(=O)COc1ccc(C)c(C)c1. The number of nitrogens with zero attached hydrogens (tertiary/aromatic N) is 1. The van der Waals surface area contributed by atoms with Crippen LogP contribution in [0.2, 0.25) is 0 Å². The number of hydrogen-bond acceptors (Lipinski definition) is 3. The topological polar surface area (TPSA) is 58.6 Å². The molecule has 1 N–H and O–H groups in total. The maximum atomic E-state index is 13.6. The fraction of sp³-hybridized carbons (Fsp3) is 0.333. The van der Waals surface area contributed by atoms with Crippen LogP contribution in [0.5, 0.6) is 5.75 Å². The summed E-state index contributed by atoms with van der Waals surface area (Å²) in [5.74, 6) is 0.269. The average molecular weight is 473 g/mol. The molecular weight excluding hydrogens is 436 g/mol. The lowest BCUT2D eigenvalue weighted by atomic mass is 10.0. The van der Waals surface area contributed by atoms with E-state index in [4.69, 9.17) is 4.74 Å². The fourth-order valence-corrected chi connectivity index (χ4v) is 3.84. The molecule has 5 heteroatoms. The summed E-state index contributed by atoms with van der Waals surface area (Å²) < 4.78 is 5.88. The van der Waals surface area contributed by atoms with E-state index in [1.807, 2.05) is 100 Å². The molecule has 0 aromatic heterocycles. The first-order chi connectivity index (χ1) is 16.9. The number of nitrogens with one attached hydrogen (secondary N) is 1. The molecular formula is C30H36N2O3. The van der Waals surface area contributed by atoms with Crippen LogP contribution in [0.25, 0.3) is 0 Å². The highest BCUT2D eigenvalue weighted by Gasteiger charge is 2.30. The van der Waals surface area contributed by atoms with Crippen molar-refractivity contribution < 1.29 is 14.3 Å². The van der Waals surface area contributed by atoms with Gasteiger partial charge in [0.1, 0.15) is 11.8 Å². The number of rotatable bonds is 11. The Morgan fingerprint density at radius 1 is 0.886 bits per heavy atom. The fourth-order valence-electron chi connectivity index (χ4n) is 3.84. The third-order valence-electron chi connectivity index (χ3n) is 6.13. The molecule has 3 aromatic rings. The van der Waals surface area contributed by atoms with Gasteiger partial charge in [-0.2, -0.15) is 0 Å². The van der Waals surface area contributed by atoms with E-state index in [1.54, 1.807) is 4.90 Å². The van der Waals surface area contributed by atoms with E-state index in [-0.39, 0.29) is 18.4 Å². The van der Waals surface area contributed by atoms with Gasteiger partial charge in [0.15, 0.2) is 6.61 Å². The van der Waals surface area contributed by atoms with E-state index in [9.17, 15) is 9.59 Å². The predicted octanol–water partition coefficient (Wildman–Crippen LogP) is 5.16. The Morgan fingerprint density at radius 2 is 1.60 bits per heavy atom. The molecule has 2 amide bonds. The number of hydrogen-bond donors (Lipinski definition) is 1.